The predicted molar refractivity (Wildman–Crippen MR) is 113 cm³/mol. The third-order valence-electron chi connectivity index (χ3n) is 5.16. The maximum atomic E-state index is 12.9. The number of hydrogen-bond donors (Lipinski definition) is 1. The minimum atomic E-state index is -3.77. The average Bonchev–Trinajstić information content (AvgIpc) is 3.17. The van der Waals surface area contributed by atoms with E-state index in [0.717, 1.165) is 22.8 Å². The quantitative estimate of drug-likeness (QED) is 0.675. The summed E-state index contributed by atoms with van der Waals surface area (Å²) in [7, 11) is -2.26. The zero-order chi connectivity index (χ0) is 20.4. The predicted octanol–water partition coefficient (Wildman–Crippen LogP) is 3.45. The van der Waals surface area contributed by atoms with Crippen molar-refractivity contribution in [2.45, 2.75) is 24.3 Å². The third-order valence-corrected chi connectivity index (χ3v) is 6.56. The zero-order valence-electron chi connectivity index (χ0n) is 16.1. The molecule has 0 unspecified atom stereocenters. The van der Waals surface area contributed by atoms with E-state index in [9.17, 15) is 13.2 Å². The number of nitrogens with one attached hydrogen (secondary N) is 1. The van der Waals surface area contributed by atoms with Crippen molar-refractivity contribution in [2.75, 3.05) is 18.6 Å². The lowest BCUT2D eigenvalue weighted by Crippen LogP contribution is -2.26. The average molecular weight is 410 g/mol. The Bertz CT molecular complexity index is 1170. The van der Waals surface area contributed by atoms with Crippen LogP contribution in [0.1, 0.15) is 18.4 Å². The summed E-state index contributed by atoms with van der Waals surface area (Å²) in [5.41, 5.74) is 1.39. The van der Waals surface area contributed by atoms with Crippen molar-refractivity contribution in [3.63, 3.8) is 0 Å². The fourth-order valence-electron chi connectivity index (χ4n) is 3.65. The molecule has 1 heterocycles. The summed E-state index contributed by atoms with van der Waals surface area (Å²) in [6, 6.07) is 18.3. The van der Waals surface area contributed by atoms with E-state index in [2.05, 4.69) is 4.72 Å². The van der Waals surface area contributed by atoms with Crippen LogP contribution in [0.5, 0.6) is 5.75 Å². The molecule has 0 radical (unpaired) electrons. The van der Waals surface area contributed by atoms with E-state index in [-0.39, 0.29) is 17.3 Å². The number of nitrogens with zero attached hydrogens (tertiary/aromatic N) is 1. The van der Waals surface area contributed by atoms with Gasteiger partial charge in [0.25, 0.3) is 0 Å². The number of benzene rings is 3. The van der Waals surface area contributed by atoms with Crippen molar-refractivity contribution in [3.05, 3.63) is 66.2 Å². The highest BCUT2D eigenvalue weighted by Crippen LogP contribution is 2.33. The molecule has 6 nitrogen and oxygen atoms in total. The topological polar surface area (TPSA) is 75.7 Å². The molecule has 1 N–H and O–H groups in total. The summed E-state index contributed by atoms with van der Waals surface area (Å²) in [6.45, 7) is 0.732. The Labute approximate surface area is 170 Å². The zero-order valence-corrected chi connectivity index (χ0v) is 16.9. The van der Waals surface area contributed by atoms with Crippen molar-refractivity contribution in [1.29, 1.82) is 0 Å². The second kappa shape index (κ2) is 7.85. The van der Waals surface area contributed by atoms with Gasteiger partial charge in [0.2, 0.25) is 15.9 Å². The lowest BCUT2D eigenvalue weighted by molar-refractivity contribution is -0.117. The number of rotatable bonds is 6. The highest BCUT2D eigenvalue weighted by molar-refractivity contribution is 7.89. The number of sulfonamides is 1. The van der Waals surface area contributed by atoms with E-state index in [1.165, 1.54) is 19.2 Å². The Hall–Kier alpha value is -2.90. The van der Waals surface area contributed by atoms with Gasteiger partial charge < -0.3 is 9.64 Å². The van der Waals surface area contributed by atoms with Gasteiger partial charge in [0.05, 0.1) is 17.7 Å². The molecule has 0 aromatic heterocycles. The van der Waals surface area contributed by atoms with Crippen LogP contribution < -0.4 is 14.4 Å². The SMILES string of the molecule is COc1ccc(S(=O)(=O)NCc2cccc3ccccc23)cc1N1CCCC1=O. The number of carbonyl (C=O) groups excluding carboxylic acids is 1. The first-order valence-corrected chi connectivity index (χ1v) is 10.9. The molecule has 3 aromatic rings. The summed E-state index contributed by atoms with van der Waals surface area (Å²) < 4.78 is 33.9. The van der Waals surface area contributed by atoms with Crippen LogP contribution in [0.25, 0.3) is 10.8 Å². The molecule has 3 aromatic carbocycles. The molecule has 1 aliphatic rings. The molecule has 1 aliphatic heterocycles. The molecule has 0 atom stereocenters. The highest BCUT2D eigenvalue weighted by atomic mass is 32.2. The number of carbonyl (C=O) groups is 1. The summed E-state index contributed by atoms with van der Waals surface area (Å²) in [5.74, 6) is 0.454. The van der Waals surface area contributed by atoms with Gasteiger partial charge in [0.1, 0.15) is 5.75 Å². The van der Waals surface area contributed by atoms with Crippen molar-refractivity contribution < 1.29 is 17.9 Å². The van der Waals surface area contributed by atoms with Gasteiger partial charge in [-0.25, -0.2) is 13.1 Å². The Kier molecular flexibility index (Phi) is 5.25. The van der Waals surface area contributed by atoms with E-state index >= 15 is 0 Å². The first-order valence-electron chi connectivity index (χ1n) is 9.44. The minimum absolute atomic E-state index is 0.0263. The number of methoxy groups -OCH3 is 1. The van der Waals surface area contributed by atoms with Gasteiger partial charge in [-0.3, -0.25) is 4.79 Å². The summed E-state index contributed by atoms with van der Waals surface area (Å²) in [4.78, 5) is 13.8. The van der Waals surface area contributed by atoms with Crippen LogP contribution in [0.3, 0.4) is 0 Å². The van der Waals surface area contributed by atoms with Crippen LogP contribution in [0.15, 0.2) is 65.6 Å². The van der Waals surface area contributed by atoms with Crippen LogP contribution in [0.2, 0.25) is 0 Å². The van der Waals surface area contributed by atoms with E-state index in [1.807, 2.05) is 42.5 Å². The molecule has 7 heteroatoms. The van der Waals surface area contributed by atoms with Gasteiger partial charge in [-0.05, 0) is 41.0 Å². The van der Waals surface area contributed by atoms with Gasteiger partial charge in [-0.1, -0.05) is 42.5 Å². The van der Waals surface area contributed by atoms with Gasteiger partial charge >= 0.3 is 0 Å². The standard InChI is InChI=1S/C22H22N2O4S/c1-28-21-12-11-18(14-20(21)24-13-5-10-22(24)25)29(26,27)23-15-17-8-4-7-16-6-2-3-9-19(16)17/h2-4,6-9,11-12,14,23H,5,10,13,15H2,1H3. The van der Waals surface area contributed by atoms with Crippen LogP contribution in [-0.4, -0.2) is 28.0 Å². The van der Waals surface area contributed by atoms with Crippen LogP contribution in [-0.2, 0) is 21.4 Å². The largest absolute Gasteiger partial charge is 0.495 e. The molecule has 150 valence electrons. The number of anilines is 1. The fraction of sp³-hybridized carbons (Fsp3) is 0.227. The Balaban J connectivity index is 1.62. The van der Waals surface area contributed by atoms with Gasteiger partial charge in [0.15, 0.2) is 0 Å². The lowest BCUT2D eigenvalue weighted by atomic mass is 10.1. The minimum Gasteiger partial charge on any atom is -0.495 e. The summed E-state index contributed by atoms with van der Waals surface area (Å²) in [6.07, 6.45) is 1.21. The van der Waals surface area contributed by atoms with Crippen LogP contribution in [0, 0.1) is 0 Å². The number of ether oxygens (including phenoxy) is 1. The first kappa shape index (κ1) is 19.4. The van der Waals surface area contributed by atoms with Gasteiger partial charge in [0, 0.05) is 19.5 Å². The molecular formula is C22H22N2O4S. The molecule has 29 heavy (non-hydrogen) atoms. The van der Waals surface area contributed by atoms with Crippen molar-refractivity contribution in [2.24, 2.45) is 0 Å². The normalized spacial score (nSPS) is 14.5. The smallest absolute Gasteiger partial charge is 0.240 e. The molecule has 0 bridgehead atoms. The monoisotopic (exact) mass is 410 g/mol. The highest BCUT2D eigenvalue weighted by Gasteiger charge is 2.26. The van der Waals surface area contributed by atoms with Crippen LogP contribution in [0.4, 0.5) is 5.69 Å². The molecule has 0 saturated carbocycles. The molecular weight excluding hydrogens is 388 g/mol. The van der Waals surface area contributed by atoms with Crippen molar-refractivity contribution >= 4 is 32.4 Å². The number of fused-ring (bicyclic) bond motifs is 1. The molecule has 1 fully saturated rings. The third kappa shape index (κ3) is 3.83. The van der Waals surface area contributed by atoms with Gasteiger partial charge in [-0.2, -0.15) is 0 Å². The molecule has 0 aliphatic carbocycles. The van der Waals surface area contributed by atoms with Crippen LogP contribution >= 0.6 is 0 Å². The van der Waals surface area contributed by atoms with E-state index < -0.39 is 10.0 Å². The first-order chi connectivity index (χ1) is 14.0. The van der Waals surface area contributed by atoms with Crippen molar-refractivity contribution in [3.8, 4) is 5.75 Å². The Morgan fingerprint density at radius 2 is 1.86 bits per heavy atom. The Morgan fingerprint density at radius 3 is 2.62 bits per heavy atom. The lowest BCUT2D eigenvalue weighted by Gasteiger charge is -2.20. The van der Waals surface area contributed by atoms with E-state index in [1.54, 1.807) is 11.0 Å². The summed E-state index contributed by atoms with van der Waals surface area (Å²) >= 11 is 0. The maximum Gasteiger partial charge on any atom is 0.240 e. The molecule has 1 amide bonds. The fourth-order valence-corrected chi connectivity index (χ4v) is 4.68. The molecule has 0 spiro atoms. The Morgan fingerprint density at radius 1 is 1.07 bits per heavy atom. The second-order valence-corrected chi connectivity index (χ2v) is 8.71. The van der Waals surface area contributed by atoms with E-state index in [4.69, 9.17) is 4.74 Å². The molecule has 4 rings (SSSR count). The second-order valence-electron chi connectivity index (χ2n) is 6.95. The maximum absolute atomic E-state index is 12.9. The molecule has 1 saturated heterocycles. The van der Waals surface area contributed by atoms with Gasteiger partial charge in [-0.15, -0.1) is 0 Å². The number of amides is 1. The summed E-state index contributed by atoms with van der Waals surface area (Å²) in [5, 5.41) is 2.07. The van der Waals surface area contributed by atoms with Crippen molar-refractivity contribution in [1.82, 2.24) is 4.72 Å². The van der Waals surface area contributed by atoms with E-state index in [0.29, 0.717) is 24.4 Å². The number of hydrogen-bond acceptors (Lipinski definition) is 4.